The van der Waals surface area contributed by atoms with Crippen molar-refractivity contribution in [3.8, 4) is 11.5 Å². The Labute approximate surface area is 161 Å². The van der Waals surface area contributed by atoms with E-state index in [9.17, 15) is 4.79 Å². The number of carbonyl (C=O) groups is 1. The van der Waals surface area contributed by atoms with E-state index in [1.54, 1.807) is 0 Å². The maximum absolute atomic E-state index is 12.4. The summed E-state index contributed by atoms with van der Waals surface area (Å²) in [5.41, 5.74) is 2.34. The Bertz CT molecular complexity index is 772. The van der Waals surface area contributed by atoms with E-state index in [0.29, 0.717) is 30.6 Å². The first-order valence-corrected chi connectivity index (χ1v) is 9.07. The molecule has 144 valence electrons. The van der Waals surface area contributed by atoms with Crippen molar-refractivity contribution < 1.29 is 14.3 Å². The first-order chi connectivity index (χ1) is 13.0. The molecule has 0 atom stereocenters. The van der Waals surface area contributed by atoms with Crippen molar-refractivity contribution >= 4 is 17.3 Å². The lowest BCUT2D eigenvalue weighted by Crippen LogP contribution is -2.22. The number of hydrogen-bond acceptors (Lipinski definition) is 4. The lowest BCUT2D eigenvalue weighted by Gasteiger charge is -2.15. The highest BCUT2D eigenvalue weighted by Gasteiger charge is 2.09. The summed E-state index contributed by atoms with van der Waals surface area (Å²) < 4.78 is 11.5. The van der Waals surface area contributed by atoms with Gasteiger partial charge in [-0.25, -0.2) is 0 Å². The van der Waals surface area contributed by atoms with Gasteiger partial charge in [-0.05, 0) is 42.7 Å². The van der Waals surface area contributed by atoms with Gasteiger partial charge in [-0.15, -0.1) is 0 Å². The third-order valence-corrected chi connectivity index (χ3v) is 3.53. The standard InChI is InChI=1S/C22H28N2O3/c1-16(2)14-26-20-11-7-5-9-18(20)23-13-22(25)24-19-10-6-8-12-21(19)27-15-17(3)4/h5-12,16,23H,3,13-15H2,1-2,4H3,(H,24,25). The molecule has 5 heteroatoms. The second-order valence-corrected chi connectivity index (χ2v) is 6.84. The summed E-state index contributed by atoms with van der Waals surface area (Å²) >= 11 is 0. The number of rotatable bonds is 10. The largest absolute Gasteiger partial charge is 0.491 e. The third-order valence-electron chi connectivity index (χ3n) is 3.53. The molecule has 0 bridgehead atoms. The van der Waals surface area contributed by atoms with E-state index in [2.05, 4.69) is 31.1 Å². The summed E-state index contributed by atoms with van der Waals surface area (Å²) in [6.07, 6.45) is 0. The molecular formula is C22H28N2O3. The molecule has 0 saturated heterocycles. The van der Waals surface area contributed by atoms with Gasteiger partial charge in [0.25, 0.3) is 0 Å². The summed E-state index contributed by atoms with van der Waals surface area (Å²) in [7, 11) is 0. The predicted octanol–water partition coefficient (Wildman–Crippen LogP) is 4.73. The van der Waals surface area contributed by atoms with Crippen molar-refractivity contribution in [2.45, 2.75) is 20.8 Å². The Morgan fingerprint density at radius 2 is 1.59 bits per heavy atom. The van der Waals surface area contributed by atoms with Crippen LogP contribution in [0.3, 0.4) is 0 Å². The molecule has 0 fully saturated rings. The van der Waals surface area contributed by atoms with Gasteiger partial charge in [0.05, 0.1) is 24.5 Å². The molecule has 0 saturated carbocycles. The molecule has 0 radical (unpaired) electrons. The summed E-state index contributed by atoms with van der Waals surface area (Å²) in [5, 5.41) is 6.01. The lowest BCUT2D eigenvalue weighted by molar-refractivity contribution is -0.114. The van der Waals surface area contributed by atoms with Crippen LogP contribution in [-0.2, 0) is 4.79 Å². The number of para-hydroxylation sites is 4. The van der Waals surface area contributed by atoms with Gasteiger partial charge in [-0.2, -0.15) is 0 Å². The van der Waals surface area contributed by atoms with E-state index in [4.69, 9.17) is 9.47 Å². The normalized spacial score (nSPS) is 10.4. The van der Waals surface area contributed by atoms with Crippen LogP contribution in [0, 0.1) is 5.92 Å². The van der Waals surface area contributed by atoms with E-state index in [1.807, 2.05) is 55.5 Å². The number of nitrogens with one attached hydrogen (secondary N) is 2. The van der Waals surface area contributed by atoms with E-state index < -0.39 is 0 Å². The predicted molar refractivity (Wildman–Crippen MR) is 111 cm³/mol. The molecule has 0 spiro atoms. The van der Waals surface area contributed by atoms with E-state index >= 15 is 0 Å². The molecule has 2 rings (SSSR count). The van der Waals surface area contributed by atoms with Crippen molar-refractivity contribution in [2.75, 3.05) is 30.4 Å². The van der Waals surface area contributed by atoms with E-state index in [1.165, 1.54) is 0 Å². The second-order valence-electron chi connectivity index (χ2n) is 6.84. The summed E-state index contributed by atoms with van der Waals surface area (Å²) in [4.78, 5) is 12.4. The Kier molecular flexibility index (Phi) is 7.74. The minimum Gasteiger partial charge on any atom is -0.491 e. The molecule has 2 aromatic carbocycles. The first kappa shape index (κ1) is 20.4. The van der Waals surface area contributed by atoms with Gasteiger partial charge in [0.15, 0.2) is 0 Å². The smallest absolute Gasteiger partial charge is 0.243 e. The van der Waals surface area contributed by atoms with Crippen molar-refractivity contribution in [1.82, 2.24) is 0 Å². The Hall–Kier alpha value is -2.95. The fourth-order valence-corrected chi connectivity index (χ4v) is 2.26. The van der Waals surface area contributed by atoms with Crippen LogP contribution in [0.15, 0.2) is 60.7 Å². The van der Waals surface area contributed by atoms with Gasteiger partial charge in [0.2, 0.25) is 5.91 Å². The maximum atomic E-state index is 12.4. The number of ether oxygens (including phenoxy) is 2. The fraction of sp³-hybridized carbons (Fsp3) is 0.318. The van der Waals surface area contributed by atoms with Crippen LogP contribution >= 0.6 is 0 Å². The number of hydrogen-bond donors (Lipinski definition) is 2. The lowest BCUT2D eigenvalue weighted by atomic mass is 10.2. The van der Waals surface area contributed by atoms with Crippen molar-refractivity contribution in [1.29, 1.82) is 0 Å². The number of carbonyl (C=O) groups excluding carboxylic acids is 1. The molecule has 0 aliphatic rings. The molecule has 0 heterocycles. The maximum Gasteiger partial charge on any atom is 0.243 e. The molecule has 0 aliphatic carbocycles. The average molecular weight is 368 g/mol. The van der Waals surface area contributed by atoms with Gasteiger partial charge in [-0.1, -0.05) is 44.7 Å². The monoisotopic (exact) mass is 368 g/mol. The van der Waals surface area contributed by atoms with Crippen LogP contribution < -0.4 is 20.1 Å². The minimum absolute atomic E-state index is 0.122. The molecule has 0 aliphatic heterocycles. The van der Waals surface area contributed by atoms with Crippen LogP contribution in [0.4, 0.5) is 11.4 Å². The summed E-state index contributed by atoms with van der Waals surface area (Å²) in [6, 6.07) is 15.0. The van der Waals surface area contributed by atoms with Crippen molar-refractivity contribution in [2.24, 2.45) is 5.92 Å². The molecule has 27 heavy (non-hydrogen) atoms. The zero-order chi connectivity index (χ0) is 19.6. The zero-order valence-corrected chi connectivity index (χ0v) is 16.2. The van der Waals surface area contributed by atoms with Crippen LogP contribution in [0.5, 0.6) is 11.5 Å². The van der Waals surface area contributed by atoms with Gasteiger partial charge in [-0.3, -0.25) is 4.79 Å². The average Bonchev–Trinajstić information content (AvgIpc) is 2.64. The van der Waals surface area contributed by atoms with Crippen LogP contribution in [0.1, 0.15) is 20.8 Å². The number of anilines is 2. The molecular weight excluding hydrogens is 340 g/mol. The summed E-state index contributed by atoms with van der Waals surface area (Å²) in [6.45, 7) is 11.1. The van der Waals surface area contributed by atoms with Gasteiger partial charge < -0.3 is 20.1 Å². The van der Waals surface area contributed by atoms with Gasteiger partial charge in [0.1, 0.15) is 18.1 Å². The summed E-state index contributed by atoms with van der Waals surface area (Å²) in [5.74, 6) is 1.62. The topological polar surface area (TPSA) is 59.6 Å². The first-order valence-electron chi connectivity index (χ1n) is 9.07. The third kappa shape index (κ3) is 7.05. The zero-order valence-electron chi connectivity index (χ0n) is 16.2. The Morgan fingerprint density at radius 1 is 1.00 bits per heavy atom. The second kappa shape index (κ2) is 10.3. The number of benzene rings is 2. The van der Waals surface area contributed by atoms with Crippen molar-refractivity contribution in [3.63, 3.8) is 0 Å². The van der Waals surface area contributed by atoms with Gasteiger partial charge >= 0.3 is 0 Å². The highest BCUT2D eigenvalue weighted by molar-refractivity contribution is 5.95. The highest BCUT2D eigenvalue weighted by Crippen LogP contribution is 2.25. The molecule has 5 nitrogen and oxygen atoms in total. The quantitative estimate of drug-likeness (QED) is 0.596. The number of amides is 1. The van der Waals surface area contributed by atoms with E-state index in [-0.39, 0.29) is 12.5 Å². The van der Waals surface area contributed by atoms with Crippen LogP contribution in [0.25, 0.3) is 0 Å². The highest BCUT2D eigenvalue weighted by atomic mass is 16.5. The van der Waals surface area contributed by atoms with Crippen LogP contribution in [0.2, 0.25) is 0 Å². The van der Waals surface area contributed by atoms with Crippen molar-refractivity contribution in [3.05, 3.63) is 60.7 Å². The van der Waals surface area contributed by atoms with Gasteiger partial charge in [0, 0.05) is 0 Å². The SMILES string of the molecule is C=C(C)COc1ccccc1NC(=O)CNc1ccccc1OCC(C)C. The van der Waals surface area contributed by atoms with E-state index in [0.717, 1.165) is 17.0 Å². The molecule has 0 unspecified atom stereocenters. The molecule has 2 N–H and O–H groups in total. The Balaban J connectivity index is 1.95. The fourth-order valence-electron chi connectivity index (χ4n) is 2.26. The van der Waals surface area contributed by atoms with Crippen LogP contribution in [-0.4, -0.2) is 25.7 Å². The molecule has 0 aromatic heterocycles. The minimum atomic E-state index is -0.167. The Morgan fingerprint density at radius 3 is 2.22 bits per heavy atom. The molecule has 1 amide bonds. The molecule has 2 aromatic rings.